The summed E-state index contributed by atoms with van der Waals surface area (Å²) in [7, 11) is 0. The fraction of sp³-hybridized carbons (Fsp3) is 0.353. The number of nitrogens with one attached hydrogen (secondary N) is 1. The molecule has 2 atom stereocenters. The Bertz CT molecular complexity index is 572. The number of aliphatic hydroxyl groups is 1. The lowest BCUT2D eigenvalue weighted by atomic mass is 10.0. The van der Waals surface area contributed by atoms with Crippen LogP contribution in [0.4, 0.5) is 0 Å². The smallest absolute Gasteiger partial charge is 0.138 e. The topological polar surface area (TPSA) is 65.4 Å². The number of hydrogen-bond acceptors (Lipinski definition) is 4. The molecule has 1 heterocycles. The van der Waals surface area contributed by atoms with Crippen LogP contribution in [0.25, 0.3) is 0 Å². The molecule has 0 bridgehead atoms. The van der Waals surface area contributed by atoms with Gasteiger partial charge in [0.2, 0.25) is 0 Å². The van der Waals surface area contributed by atoms with E-state index in [-0.39, 0.29) is 11.8 Å². The van der Waals surface area contributed by atoms with Crippen LogP contribution in [-0.2, 0) is 13.0 Å². The van der Waals surface area contributed by atoms with Crippen LogP contribution in [0.2, 0.25) is 0 Å². The van der Waals surface area contributed by atoms with Crippen LogP contribution in [0.5, 0.6) is 5.75 Å². The van der Waals surface area contributed by atoms with Gasteiger partial charge in [0.05, 0.1) is 11.8 Å². The van der Waals surface area contributed by atoms with Gasteiger partial charge in [-0.1, -0.05) is 30.3 Å². The minimum atomic E-state index is -0.487. The SMILES string of the molecule is Cc1ccc(O)c(CNC(C)C(O)Cc2ccccc2)n1. The van der Waals surface area contributed by atoms with Crippen molar-refractivity contribution in [3.8, 4) is 5.75 Å². The molecule has 1 aromatic heterocycles. The highest BCUT2D eigenvalue weighted by molar-refractivity contribution is 5.27. The lowest BCUT2D eigenvalue weighted by molar-refractivity contribution is 0.133. The Morgan fingerprint density at radius 1 is 1.14 bits per heavy atom. The molecule has 112 valence electrons. The Balaban J connectivity index is 1.89. The lowest BCUT2D eigenvalue weighted by Gasteiger charge is -2.20. The monoisotopic (exact) mass is 286 g/mol. The molecular weight excluding hydrogens is 264 g/mol. The zero-order valence-electron chi connectivity index (χ0n) is 12.5. The minimum absolute atomic E-state index is 0.0908. The second-order valence-electron chi connectivity index (χ2n) is 5.35. The van der Waals surface area contributed by atoms with E-state index in [9.17, 15) is 10.2 Å². The van der Waals surface area contributed by atoms with Crippen molar-refractivity contribution >= 4 is 0 Å². The van der Waals surface area contributed by atoms with Crippen LogP contribution in [0.3, 0.4) is 0 Å². The normalized spacial score (nSPS) is 13.9. The van der Waals surface area contributed by atoms with Crippen molar-refractivity contribution in [2.45, 2.75) is 39.0 Å². The molecule has 0 amide bonds. The van der Waals surface area contributed by atoms with Gasteiger partial charge in [0.15, 0.2) is 0 Å². The highest BCUT2D eigenvalue weighted by Gasteiger charge is 2.15. The van der Waals surface area contributed by atoms with E-state index < -0.39 is 6.10 Å². The fourth-order valence-corrected chi connectivity index (χ4v) is 2.16. The molecule has 0 radical (unpaired) electrons. The molecule has 2 rings (SSSR count). The van der Waals surface area contributed by atoms with Crippen molar-refractivity contribution in [3.05, 3.63) is 59.4 Å². The quantitative estimate of drug-likeness (QED) is 0.761. The molecule has 0 saturated heterocycles. The van der Waals surface area contributed by atoms with Crippen LogP contribution in [0.15, 0.2) is 42.5 Å². The molecule has 4 nitrogen and oxygen atoms in total. The van der Waals surface area contributed by atoms with E-state index in [1.54, 1.807) is 12.1 Å². The predicted octanol–water partition coefficient (Wildman–Crippen LogP) is 2.18. The third-order valence-electron chi connectivity index (χ3n) is 3.55. The van der Waals surface area contributed by atoms with Gasteiger partial charge >= 0.3 is 0 Å². The molecule has 0 aliphatic heterocycles. The molecule has 3 N–H and O–H groups in total. The molecule has 0 saturated carbocycles. The summed E-state index contributed by atoms with van der Waals surface area (Å²) in [6.07, 6.45) is 0.113. The third kappa shape index (κ3) is 4.55. The van der Waals surface area contributed by atoms with Gasteiger partial charge in [-0.25, -0.2) is 0 Å². The number of hydrogen-bond donors (Lipinski definition) is 3. The van der Waals surface area contributed by atoms with E-state index in [0.717, 1.165) is 11.3 Å². The number of aromatic hydroxyl groups is 1. The molecular formula is C17H22N2O2. The standard InChI is InChI=1S/C17H22N2O2/c1-12-8-9-16(20)15(19-12)11-18-13(2)17(21)10-14-6-4-3-5-7-14/h3-9,13,17-18,20-21H,10-11H2,1-2H3. The predicted molar refractivity (Wildman–Crippen MR) is 83.1 cm³/mol. The molecule has 0 aliphatic rings. The second-order valence-corrected chi connectivity index (χ2v) is 5.35. The number of aryl methyl sites for hydroxylation is 1. The van der Waals surface area contributed by atoms with Crippen LogP contribution < -0.4 is 5.32 Å². The molecule has 0 aliphatic carbocycles. The average molecular weight is 286 g/mol. The Labute approximate surface area is 125 Å². The third-order valence-corrected chi connectivity index (χ3v) is 3.55. The van der Waals surface area contributed by atoms with E-state index in [2.05, 4.69) is 10.3 Å². The van der Waals surface area contributed by atoms with Crippen molar-refractivity contribution in [3.63, 3.8) is 0 Å². The maximum Gasteiger partial charge on any atom is 0.138 e. The maximum absolute atomic E-state index is 10.2. The molecule has 0 spiro atoms. The van der Waals surface area contributed by atoms with Crippen molar-refractivity contribution in [2.75, 3.05) is 0 Å². The zero-order valence-corrected chi connectivity index (χ0v) is 12.5. The summed E-state index contributed by atoms with van der Waals surface area (Å²) in [6, 6.07) is 13.2. The molecule has 1 aromatic carbocycles. The molecule has 4 heteroatoms. The maximum atomic E-state index is 10.2. The van der Waals surface area contributed by atoms with Gasteiger partial charge < -0.3 is 15.5 Å². The lowest BCUT2D eigenvalue weighted by Crippen LogP contribution is -2.38. The van der Waals surface area contributed by atoms with Crippen molar-refractivity contribution < 1.29 is 10.2 Å². The van der Waals surface area contributed by atoms with Crippen LogP contribution in [0, 0.1) is 6.92 Å². The summed E-state index contributed by atoms with van der Waals surface area (Å²) in [4.78, 5) is 4.29. The summed E-state index contributed by atoms with van der Waals surface area (Å²) >= 11 is 0. The Hall–Kier alpha value is -1.91. The average Bonchev–Trinajstić information content (AvgIpc) is 2.49. The van der Waals surface area contributed by atoms with Gasteiger partial charge in [0.1, 0.15) is 5.75 Å². The van der Waals surface area contributed by atoms with Crippen LogP contribution in [0.1, 0.15) is 23.9 Å². The van der Waals surface area contributed by atoms with Gasteiger partial charge in [0.25, 0.3) is 0 Å². The van der Waals surface area contributed by atoms with Gasteiger partial charge in [-0.2, -0.15) is 0 Å². The summed E-state index contributed by atoms with van der Waals surface area (Å²) in [5.41, 5.74) is 2.58. The molecule has 21 heavy (non-hydrogen) atoms. The summed E-state index contributed by atoms with van der Waals surface area (Å²) < 4.78 is 0. The van der Waals surface area contributed by atoms with Crippen molar-refractivity contribution in [1.82, 2.24) is 10.3 Å². The van der Waals surface area contributed by atoms with E-state index in [4.69, 9.17) is 0 Å². The number of aromatic nitrogens is 1. The van der Waals surface area contributed by atoms with Gasteiger partial charge in [-0.3, -0.25) is 4.98 Å². The van der Waals surface area contributed by atoms with E-state index in [0.29, 0.717) is 18.7 Å². The van der Waals surface area contributed by atoms with Gasteiger partial charge in [0, 0.05) is 18.3 Å². The summed E-state index contributed by atoms with van der Waals surface area (Å²) in [5.74, 6) is 0.179. The Kier molecular flexibility index (Phi) is 5.31. The first-order valence-electron chi connectivity index (χ1n) is 7.17. The largest absolute Gasteiger partial charge is 0.506 e. The summed E-state index contributed by atoms with van der Waals surface area (Å²) in [5, 5.41) is 23.2. The fourth-order valence-electron chi connectivity index (χ4n) is 2.16. The Morgan fingerprint density at radius 3 is 2.57 bits per heavy atom. The molecule has 2 aromatic rings. The molecule has 0 fully saturated rings. The van der Waals surface area contributed by atoms with E-state index >= 15 is 0 Å². The van der Waals surface area contributed by atoms with Gasteiger partial charge in [-0.15, -0.1) is 0 Å². The van der Waals surface area contributed by atoms with Crippen LogP contribution in [-0.4, -0.2) is 27.3 Å². The number of benzene rings is 1. The number of aliphatic hydroxyl groups excluding tert-OH is 1. The Morgan fingerprint density at radius 2 is 1.86 bits per heavy atom. The van der Waals surface area contributed by atoms with Crippen LogP contribution >= 0.6 is 0 Å². The second kappa shape index (κ2) is 7.20. The highest BCUT2D eigenvalue weighted by Crippen LogP contribution is 2.15. The van der Waals surface area contributed by atoms with Gasteiger partial charge in [-0.05, 0) is 38.0 Å². The zero-order chi connectivity index (χ0) is 15.2. The first-order valence-corrected chi connectivity index (χ1v) is 7.17. The highest BCUT2D eigenvalue weighted by atomic mass is 16.3. The van der Waals surface area contributed by atoms with Crippen molar-refractivity contribution in [1.29, 1.82) is 0 Å². The number of nitrogens with zero attached hydrogens (tertiary/aromatic N) is 1. The first kappa shape index (κ1) is 15.5. The number of pyridine rings is 1. The minimum Gasteiger partial charge on any atom is -0.506 e. The number of rotatable bonds is 6. The van der Waals surface area contributed by atoms with Crippen molar-refractivity contribution in [2.24, 2.45) is 0 Å². The molecule has 2 unspecified atom stereocenters. The first-order chi connectivity index (χ1) is 10.1. The summed E-state index contributed by atoms with van der Waals surface area (Å²) in [6.45, 7) is 4.25. The van der Waals surface area contributed by atoms with E-state index in [1.165, 1.54) is 0 Å². The van der Waals surface area contributed by atoms with E-state index in [1.807, 2.05) is 44.2 Å².